The average Bonchev–Trinajstić information content (AvgIpc) is 2.49. The molecule has 0 unspecified atom stereocenters. The molecule has 0 aliphatic carbocycles. The Hall–Kier alpha value is -1.96. The van der Waals surface area contributed by atoms with E-state index in [0.717, 1.165) is 31.4 Å². The first-order valence-corrected chi connectivity index (χ1v) is 6.87. The zero-order chi connectivity index (χ0) is 13.2. The Kier molecular flexibility index (Phi) is 3.16. The Morgan fingerprint density at radius 3 is 2.68 bits per heavy atom. The Balaban J connectivity index is 1.97. The van der Waals surface area contributed by atoms with E-state index in [-0.39, 0.29) is 0 Å². The van der Waals surface area contributed by atoms with Crippen molar-refractivity contribution in [2.75, 3.05) is 5.32 Å². The Morgan fingerprint density at radius 2 is 1.79 bits per heavy atom. The monoisotopic (exact) mass is 253 g/mol. The van der Waals surface area contributed by atoms with Gasteiger partial charge in [-0.1, -0.05) is 24.3 Å². The van der Waals surface area contributed by atoms with Crippen LogP contribution < -0.4 is 5.32 Å². The molecular weight excluding hydrogens is 234 g/mol. The second kappa shape index (κ2) is 4.96. The van der Waals surface area contributed by atoms with E-state index in [0.29, 0.717) is 5.75 Å². The van der Waals surface area contributed by atoms with Crippen molar-refractivity contribution in [1.29, 1.82) is 0 Å². The number of anilines is 1. The molecule has 0 spiro atoms. The van der Waals surface area contributed by atoms with Crippen molar-refractivity contribution in [2.24, 2.45) is 0 Å². The van der Waals surface area contributed by atoms with E-state index in [2.05, 4.69) is 35.6 Å². The van der Waals surface area contributed by atoms with Crippen molar-refractivity contribution in [1.82, 2.24) is 0 Å². The summed E-state index contributed by atoms with van der Waals surface area (Å²) in [5.41, 5.74) is 6.14. The predicted octanol–water partition coefficient (Wildman–Crippen LogP) is 3.80. The summed E-state index contributed by atoms with van der Waals surface area (Å²) >= 11 is 0. The predicted molar refractivity (Wildman–Crippen MR) is 78.6 cm³/mol. The molecule has 2 heteroatoms. The van der Waals surface area contributed by atoms with Crippen LogP contribution in [0.2, 0.25) is 0 Å². The van der Waals surface area contributed by atoms with E-state index in [4.69, 9.17) is 0 Å². The standard InChI is InChI=1S/C17H19NO/c1-12-9-14-7-4-6-13-5-2-3-8-16(13)18-11-15(14)10-17(12)19/h2-3,5,8-10,18-19H,4,6-7,11H2,1H3. The Bertz CT molecular complexity index is 604. The molecule has 1 aliphatic rings. The van der Waals surface area contributed by atoms with E-state index in [9.17, 15) is 5.11 Å². The van der Waals surface area contributed by atoms with Gasteiger partial charge in [-0.15, -0.1) is 0 Å². The molecule has 98 valence electrons. The van der Waals surface area contributed by atoms with Gasteiger partial charge in [-0.25, -0.2) is 0 Å². The van der Waals surface area contributed by atoms with Gasteiger partial charge in [0.15, 0.2) is 0 Å². The Morgan fingerprint density at radius 1 is 1.00 bits per heavy atom. The lowest BCUT2D eigenvalue weighted by Crippen LogP contribution is -2.03. The van der Waals surface area contributed by atoms with E-state index in [1.807, 2.05) is 13.0 Å². The van der Waals surface area contributed by atoms with Crippen LogP contribution in [0.5, 0.6) is 5.75 Å². The molecule has 2 aromatic rings. The van der Waals surface area contributed by atoms with Crippen LogP contribution in [0, 0.1) is 6.92 Å². The van der Waals surface area contributed by atoms with Gasteiger partial charge in [0.2, 0.25) is 0 Å². The van der Waals surface area contributed by atoms with Crippen LogP contribution in [0.3, 0.4) is 0 Å². The molecule has 1 aliphatic heterocycles. The molecule has 0 amide bonds. The number of fused-ring (bicyclic) bond motifs is 2. The number of nitrogens with one attached hydrogen (secondary N) is 1. The molecule has 0 fully saturated rings. The molecule has 0 aromatic heterocycles. The third-order valence-electron chi connectivity index (χ3n) is 3.90. The summed E-state index contributed by atoms with van der Waals surface area (Å²) in [5.74, 6) is 0.396. The zero-order valence-electron chi connectivity index (χ0n) is 11.2. The van der Waals surface area contributed by atoms with Gasteiger partial charge in [0.25, 0.3) is 0 Å². The van der Waals surface area contributed by atoms with Gasteiger partial charge in [0, 0.05) is 12.2 Å². The first-order valence-electron chi connectivity index (χ1n) is 6.87. The molecule has 19 heavy (non-hydrogen) atoms. The van der Waals surface area contributed by atoms with Crippen molar-refractivity contribution in [3.63, 3.8) is 0 Å². The average molecular weight is 253 g/mol. The summed E-state index contributed by atoms with van der Waals surface area (Å²) < 4.78 is 0. The lowest BCUT2D eigenvalue weighted by molar-refractivity contribution is 0.470. The Labute approximate surface area is 114 Å². The maximum Gasteiger partial charge on any atom is 0.118 e. The summed E-state index contributed by atoms with van der Waals surface area (Å²) in [6.45, 7) is 2.74. The first kappa shape index (κ1) is 12.1. The van der Waals surface area contributed by atoms with Gasteiger partial charge in [-0.2, -0.15) is 0 Å². The van der Waals surface area contributed by atoms with Crippen LogP contribution >= 0.6 is 0 Å². The van der Waals surface area contributed by atoms with Crippen LogP contribution in [0.25, 0.3) is 0 Å². The molecule has 2 N–H and O–H groups in total. The number of aryl methyl sites for hydroxylation is 3. The molecule has 0 bridgehead atoms. The minimum atomic E-state index is 0.396. The van der Waals surface area contributed by atoms with Crippen LogP contribution in [0.15, 0.2) is 36.4 Å². The van der Waals surface area contributed by atoms with E-state index in [1.165, 1.54) is 22.4 Å². The van der Waals surface area contributed by atoms with Crippen LogP contribution in [-0.4, -0.2) is 5.11 Å². The van der Waals surface area contributed by atoms with Gasteiger partial charge in [-0.3, -0.25) is 0 Å². The summed E-state index contributed by atoms with van der Waals surface area (Å²) in [4.78, 5) is 0. The van der Waals surface area contributed by atoms with Gasteiger partial charge in [0.1, 0.15) is 5.75 Å². The van der Waals surface area contributed by atoms with Gasteiger partial charge in [0.05, 0.1) is 0 Å². The zero-order valence-corrected chi connectivity index (χ0v) is 11.2. The topological polar surface area (TPSA) is 32.3 Å². The third kappa shape index (κ3) is 2.43. The first-order chi connectivity index (χ1) is 9.24. The number of phenolic OH excluding ortho intramolecular Hbond substituents is 1. The van der Waals surface area contributed by atoms with E-state index in [1.54, 1.807) is 0 Å². The fraction of sp³-hybridized carbons (Fsp3) is 0.294. The number of para-hydroxylation sites is 1. The van der Waals surface area contributed by atoms with Crippen molar-refractivity contribution in [3.05, 3.63) is 58.7 Å². The number of benzene rings is 2. The summed E-state index contributed by atoms with van der Waals surface area (Å²) in [6, 6.07) is 12.5. The maximum absolute atomic E-state index is 9.88. The number of hydrogen-bond acceptors (Lipinski definition) is 2. The molecule has 2 nitrogen and oxygen atoms in total. The number of hydrogen-bond donors (Lipinski definition) is 2. The second-order valence-corrected chi connectivity index (χ2v) is 5.27. The molecular formula is C17H19NO. The van der Waals surface area contributed by atoms with Crippen molar-refractivity contribution < 1.29 is 5.11 Å². The maximum atomic E-state index is 9.88. The highest BCUT2D eigenvalue weighted by molar-refractivity contribution is 5.53. The van der Waals surface area contributed by atoms with E-state index >= 15 is 0 Å². The molecule has 0 radical (unpaired) electrons. The minimum absolute atomic E-state index is 0.396. The third-order valence-corrected chi connectivity index (χ3v) is 3.90. The van der Waals surface area contributed by atoms with Gasteiger partial charge in [-0.05, 0) is 60.6 Å². The van der Waals surface area contributed by atoms with Gasteiger partial charge < -0.3 is 10.4 Å². The normalized spacial score (nSPS) is 14.4. The fourth-order valence-corrected chi connectivity index (χ4v) is 2.77. The van der Waals surface area contributed by atoms with Gasteiger partial charge >= 0.3 is 0 Å². The largest absolute Gasteiger partial charge is 0.508 e. The highest BCUT2D eigenvalue weighted by Gasteiger charge is 2.11. The highest BCUT2D eigenvalue weighted by atomic mass is 16.3. The molecule has 3 rings (SSSR count). The number of aromatic hydroxyl groups is 1. The minimum Gasteiger partial charge on any atom is -0.508 e. The fourth-order valence-electron chi connectivity index (χ4n) is 2.77. The van der Waals surface area contributed by atoms with Crippen molar-refractivity contribution >= 4 is 5.69 Å². The summed E-state index contributed by atoms with van der Waals surface area (Å²) in [7, 11) is 0. The SMILES string of the molecule is Cc1cc2c(cc1O)CNc1ccccc1CCC2. The van der Waals surface area contributed by atoms with E-state index < -0.39 is 0 Å². The van der Waals surface area contributed by atoms with Crippen LogP contribution in [-0.2, 0) is 19.4 Å². The quantitative estimate of drug-likeness (QED) is 0.748. The summed E-state index contributed by atoms with van der Waals surface area (Å²) in [5, 5.41) is 13.4. The highest BCUT2D eigenvalue weighted by Crippen LogP contribution is 2.27. The van der Waals surface area contributed by atoms with Crippen molar-refractivity contribution in [3.8, 4) is 5.75 Å². The molecule has 1 heterocycles. The molecule has 0 saturated carbocycles. The lowest BCUT2D eigenvalue weighted by atomic mass is 9.98. The smallest absolute Gasteiger partial charge is 0.118 e. The second-order valence-electron chi connectivity index (χ2n) is 5.27. The van der Waals surface area contributed by atoms with Crippen LogP contribution in [0.1, 0.15) is 28.7 Å². The molecule has 0 saturated heterocycles. The molecule has 2 aromatic carbocycles. The van der Waals surface area contributed by atoms with Crippen LogP contribution in [0.4, 0.5) is 5.69 Å². The summed E-state index contributed by atoms with van der Waals surface area (Å²) in [6.07, 6.45) is 3.32. The lowest BCUT2D eigenvalue weighted by Gasteiger charge is -2.12. The molecule has 0 atom stereocenters. The van der Waals surface area contributed by atoms with Crippen molar-refractivity contribution in [2.45, 2.75) is 32.7 Å². The number of rotatable bonds is 0. The number of phenols is 1.